The molecule has 1 aromatic heterocycles. The molecule has 0 unspecified atom stereocenters. The molecule has 2 heterocycles. The molecule has 17 heavy (non-hydrogen) atoms. The minimum Gasteiger partial charge on any atom is -0.300 e. The van der Waals surface area contributed by atoms with Crippen LogP contribution in [0, 0.1) is 0 Å². The summed E-state index contributed by atoms with van der Waals surface area (Å²) in [5, 5.41) is 1.83. The molecule has 0 spiro atoms. The molecule has 0 atom stereocenters. The van der Waals surface area contributed by atoms with Crippen LogP contribution < -0.4 is 0 Å². The number of aromatic nitrogens is 1. The molecule has 1 fully saturated rings. The van der Waals surface area contributed by atoms with E-state index in [4.69, 9.17) is 11.6 Å². The van der Waals surface area contributed by atoms with E-state index in [1.165, 1.54) is 5.56 Å². The van der Waals surface area contributed by atoms with Gasteiger partial charge in [0.1, 0.15) is 0 Å². The number of hydrogen-bond donors (Lipinski definition) is 0. The molecule has 5 heteroatoms. The summed E-state index contributed by atoms with van der Waals surface area (Å²) < 4.78 is 0. The van der Waals surface area contributed by atoms with E-state index >= 15 is 0 Å². The van der Waals surface area contributed by atoms with Crippen molar-refractivity contribution in [1.82, 2.24) is 14.8 Å². The van der Waals surface area contributed by atoms with Crippen molar-refractivity contribution < 1.29 is 0 Å². The van der Waals surface area contributed by atoms with E-state index in [9.17, 15) is 0 Å². The van der Waals surface area contributed by atoms with Crippen LogP contribution in [0.25, 0.3) is 0 Å². The topological polar surface area (TPSA) is 19.4 Å². The van der Waals surface area contributed by atoms with Crippen LogP contribution in [-0.4, -0.2) is 52.8 Å². The molecule has 0 radical (unpaired) electrons. The van der Waals surface area contributed by atoms with Gasteiger partial charge in [0.05, 0.1) is 5.02 Å². The molecule has 1 aliphatic rings. The van der Waals surface area contributed by atoms with Gasteiger partial charge in [0, 0.05) is 57.0 Å². The van der Waals surface area contributed by atoms with Crippen molar-refractivity contribution in [2.45, 2.75) is 6.54 Å². The number of piperazine rings is 1. The number of hydrogen-bond acceptors (Lipinski definition) is 3. The highest BCUT2D eigenvalue weighted by Crippen LogP contribution is 2.16. The van der Waals surface area contributed by atoms with Gasteiger partial charge in [-0.3, -0.25) is 14.8 Å². The van der Waals surface area contributed by atoms with Gasteiger partial charge in [-0.2, -0.15) is 0 Å². The quantitative estimate of drug-likeness (QED) is 0.794. The van der Waals surface area contributed by atoms with Crippen molar-refractivity contribution in [3.63, 3.8) is 0 Å². The van der Waals surface area contributed by atoms with E-state index in [1.54, 1.807) is 6.20 Å². The van der Waals surface area contributed by atoms with Crippen LogP contribution in [0.15, 0.2) is 18.5 Å². The normalized spacial score (nSPS) is 18.5. The molecular weight excluding hydrogens is 302 g/mol. The number of halogens is 2. The highest BCUT2D eigenvalue weighted by molar-refractivity contribution is 9.09. The first-order chi connectivity index (χ1) is 8.29. The number of alkyl halides is 1. The van der Waals surface area contributed by atoms with Crippen LogP contribution in [0.5, 0.6) is 0 Å². The smallest absolute Gasteiger partial charge is 0.0634 e. The third kappa shape index (κ3) is 3.91. The van der Waals surface area contributed by atoms with E-state index in [2.05, 4.69) is 30.7 Å². The second kappa shape index (κ2) is 6.69. The van der Waals surface area contributed by atoms with E-state index in [0.29, 0.717) is 0 Å². The van der Waals surface area contributed by atoms with Crippen LogP contribution in [0.1, 0.15) is 5.56 Å². The lowest BCUT2D eigenvalue weighted by Gasteiger charge is -2.34. The van der Waals surface area contributed by atoms with Gasteiger partial charge in [-0.05, 0) is 11.6 Å². The Morgan fingerprint density at radius 1 is 1.24 bits per heavy atom. The third-order valence-electron chi connectivity index (χ3n) is 3.12. The minimum absolute atomic E-state index is 0.774. The Morgan fingerprint density at radius 2 is 1.94 bits per heavy atom. The molecule has 1 aromatic rings. The summed E-state index contributed by atoms with van der Waals surface area (Å²) in [4.78, 5) is 8.95. The van der Waals surface area contributed by atoms with Gasteiger partial charge >= 0.3 is 0 Å². The summed E-state index contributed by atoms with van der Waals surface area (Å²) in [6.45, 7) is 6.60. The molecule has 2 rings (SSSR count). The van der Waals surface area contributed by atoms with Crippen LogP contribution in [0.4, 0.5) is 0 Å². The predicted octanol–water partition coefficient (Wildman–Crippen LogP) is 2.25. The van der Waals surface area contributed by atoms with Gasteiger partial charge in [0.15, 0.2) is 0 Å². The average Bonchev–Trinajstić information content (AvgIpc) is 2.35. The summed E-state index contributed by atoms with van der Waals surface area (Å²) >= 11 is 9.60. The Balaban J connectivity index is 1.84. The zero-order valence-corrected chi connectivity index (χ0v) is 12.1. The second-order valence-corrected chi connectivity index (χ2v) is 5.47. The van der Waals surface area contributed by atoms with Gasteiger partial charge in [-0.25, -0.2) is 0 Å². The Hall–Kier alpha value is -0.160. The van der Waals surface area contributed by atoms with Crippen LogP contribution >= 0.6 is 27.5 Å². The van der Waals surface area contributed by atoms with Crippen LogP contribution in [0.2, 0.25) is 5.02 Å². The SMILES string of the molecule is Clc1cnccc1CN1CCN(CCBr)CC1. The van der Waals surface area contributed by atoms with Crippen molar-refractivity contribution in [3.05, 3.63) is 29.0 Å². The fourth-order valence-corrected chi connectivity index (χ4v) is 2.74. The van der Waals surface area contributed by atoms with Gasteiger partial charge in [-0.15, -0.1) is 0 Å². The Kier molecular flexibility index (Phi) is 5.22. The van der Waals surface area contributed by atoms with E-state index in [-0.39, 0.29) is 0 Å². The first-order valence-electron chi connectivity index (χ1n) is 5.88. The summed E-state index contributed by atoms with van der Waals surface area (Å²) in [5.74, 6) is 0. The first-order valence-corrected chi connectivity index (χ1v) is 7.38. The van der Waals surface area contributed by atoms with Crippen molar-refractivity contribution >= 4 is 27.5 Å². The molecule has 1 aliphatic heterocycles. The maximum absolute atomic E-state index is 6.12. The fourth-order valence-electron chi connectivity index (χ4n) is 2.06. The monoisotopic (exact) mass is 317 g/mol. The summed E-state index contributed by atoms with van der Waals surface area (Å²) in [5.41, 5.74) is 1.18. The minimum atomic E-state index is 0.774. The zero-order chi connectivity index (χ0) is 12.1. The molecule has 0 aliphatic carbocycles. The Morgan fingerprint density at radius 3 is 2.59 bits per heavy atom. The fraction of sp³-hybridized carbons (Fsp3) is 0.583. The zero-order valence-electron chi connectivity index (χ0n) is 9.78. The molecule has 0 amide bonds. The molecular formula is C12H17BrClN3. The van der Waals surface area contributed by atoms with Crippen molar-refractivity contribution in [1.29, 1.82) is 0 Å². The third-order valence-corrected chi connectivity index (χ3v) is 3.81. The van der Waals surface area contributed by atoms with Crippen molar-refractivity contribution in [2.24, 2.45) is 0 Å². The molecule has 0 saturated carbocycles. The highest BCUT2D eigenvalue weighted by atomic mass is 79.9. The van der Waals surface area contributed by atoms with Crippen molar-refractivity contribution in [2.75, 3.05) is 38.1 Å². The molecule has 0 aromatic carbocycles. The number of pyridine rings is 1. The van der Waals surface area contributed by atoms with E-state index in [0.717, 1.165) is 49.6 Å². The Labute approximate surface area is 116 Å². The maximum atomic E-state index is 6.12. The average molecular weight is 319 g/mol. The molecule has 0 N–H and O–H groups in total. The summed E-state index contributed by atoms with van der Waals surface area (Å²) in [6.07, 6.45) is 3.53. The van der Waals surface area contributed by atoms with Crippen molar-refractivity contribution in [3.8, 4) is 0 Å². The lowest BCUT2D eigenvalue weighted by atomic mass is 10.2. The molecule has 94 valence electrons. The Bertz CT molecular complexity index is 353. The lowest BCUT2D eigenvalue weighted by molar-refractivity contribution is 0.133. The lowest BCUT2D eigenvalue weighted by Crippen LogP contribution is -2.46. The van der Waals surface area contributed by atoms with Gasteiger partial charge < -0.3 is 0 Å². The van der Waals surface area contributed by atoms with E-state index < -0.39 is 0 Å². The number of nitrogens with zero attached hydrogens (tertiary/aromatic N) is 3. The summed E-state index contributed by atoms with van der Waals surface area (Å²) in [6, 6.07) is 2.01. The van der Waals surface area contributed by atoms with Crippen LogP contribution in [-0.2, 0) is 6.54 Å². The molecule has 1 saturated heterocycles. The van der Waals surface area contributed by atoms with Gasteiger partial charge in [-0.1, -0.05) is 27.5 Å². The standard InChI is InChI=1S/C12H17BrClN3/c13-2-4-16-5-7-17(8-6-16)10-11-1-3-15-9-12(11)14/h1,3,9H,2,4-8,10H2. The second-order valence-electron chi connectivity index (χ2n) is 4.27. The van der Waals surface area contributed by atoms with Crippen LogP contribution in [0.3, 0.4) is 0 Å². The maximum Gasteiger partial charge on any atom is 0.0634 e. The largest absolute Gasteiger partial charge is 0.300 e. The number of rotatable bonds is 4. The van der Waals surface area contributed by atoms with E-state index in [1.807, 2.05) is 12.3 Å². The van der Waals surface area contributed by atoms with Gasteiger partial charge in [0.2, 0.25) is 0 Å². The first kappa shape index (κ1) is 13.3. The highest BCUT2D eigenvalue weighted by Gasteiger charge is 2.16. The molecule has 3 nitrogen and oxygen atoms in total. The predicted molar refractivity (Wildman–Crippen MR) is 74.8 cm³/mol. The summed E-state index contributed by atoms with van der Waals surface area (Å²) in [7, 11) is 0. The molecule has 0 bridgehead atoms. The van der Waals surface area contributed by atoms with Gasteiger partial charge in [0.25, 0.3) is 0 Å².